The molecule has 3 aromatic rings. The van der Waals surface area contributed by atoms with E-state index >= 15 is 0 Å². The number of rotatable bonds is 7. The number of carbonyl (C=O) groups excluding carboxylic acids is 1. The van der Waals surface area contributed by atoms with Crippen molar-refractivity contribution in [1.29, 1.82) is 0 Å². The Morgan fingerprint density at radius 2 is 1.16 bits per heavy atom. The van der Waals surface area contributed by atoms with E-state index in [1.807, 2.05) is 24.3 Å². The van der Waals surface area contributed by atoms with Crippen molar-refractivity contribution in [1.82, 2.24) is 4.90 Å². The fraction of sp³-hybridized carbons (Fsp3) is 0.208. The number of alkyl halides is 3. The first-order valence-corrected chi connectivity index (χ1v) is 9.52. The Morgan fingerprint density at radius 1 is 0.742 bits per heavy atom. The molecule has 0 heterocycles. The zero-order valence-corrected chi connectivity index (χ0v) is 17.1. The van der Waals surface area contributed by atoms with Gasteiger partial charge < -0.3 is 14.4 Å². The van der Waals surface area contributed by atoms with E-state index in [4.69, 9.17) is 9.47 Å². The molecule has 0 unspecified atom stereocenters. The van der Waals surface area contributed by atoms with Crippen molar-refractivity contribution >= 4 is 5.91 Å². The SMILES string of the molecule is COc1ccc(CN(Cc2ccc(OC)cc2)C(=O)c2ccc(C(F)(F)F)cc2)cc1. The maximum Gasteiger partial charge on any atom is 0.416 e. The van der Waals surface area contributed by atoms with E-state index in [0.717, 1.165) is 23.3 Å². The van der Waals surface area contributed by atoms with Crippen LogP contribution in [0.25, 0.3) is 0 Å². The molecule has 0 fully saturated rings. The van der Waals surface area contributed by atoms with Crippen molar-refractivity contribution in [3.05, 3.63) is 95.1 Å². The first kappa shape index (κ1) is 22.2. The third kappa shape index (κ3) is 5.78. The topological polar surface area (TPSA) is 38.8 Å². The minimum absolute atomic E-state index is 0.190. The van der Waals surface area contributed by atoms with Crippen LogP contribution in [-0.4, -0.2) is 25.0 Å². The lowest BCUT2D eigenvalue weighted by Crippen LogP contribution is -2.30. The molecule has 0 radical (unpaired) electrons. The molecule has 7 heteroatoms. The van der Waals surface area contributed by atoms with E-state index in [1.165, 1.54) is 12.1 Å². The van der Waals surface area contributed by atoms with Gasteiger partial charge in [-0.1, -0.05) is 24.3 Å². The van der Waals surface area contributed by atoms with Gasteiger partial charge in [0.25, 0.3) is 5.91 Å². The molecule has 0 aliphatic carbocycles. The highest BCUT2D eigenvalue weighted by Gasteiger charge is 2.30. The molecular formula is C24H22F3NO3. The van der Waals surface area contributed by atoms with Crippen molar-refractivity contribution in [2.24, 2.45) is 0 Å². The molecule has 0 aliphatic heterocycles. The summed E-state index contributed by atoms with van der Waals surface area (Å²) in [6, 6.07) is 18.8. The van der Waals surface area contributed by atoms with Crippen LogP contribution >= 0.6 is 0 Å². The third-order valence-corrected chi connectivity index (χ3v) is 4.81. The van der Waals surface area contributed by atoms with Crippen LogP contribution in [0.5, 0.6) is 11.5 Å². The molecular weight excluding hydrogens is 407 g/mol. The van der Waals surface area contributed by atoms with E-state index in [2.05, 4.69) is 0 Å². The first-order valence-electron chi connectivity index (χ1n) is 9.52. The van der Waals surface area contributed by atoms with Crippen LogP contribution in [0.2, 0.25) is 0 Å². The number of benzene rings is 3. The van der Waals surface area contributed by atoms with Crippen LogP contribution < -0.4 is 9.47 Å². The Bertz CT molecular complexity index is 949. The third-order valence-electron chi connectivity index (χ3n) is 4.81. The number of methoxy groups -OCH3 is 2. The van der Waals surface area contributed by atoms with Gasteiger partial charge in [-0.15, -0.1) is 0 Å². The monoisotopic (exact) mass is 429 g/mol. The Kier molecular flexibility index (Phi) is 6.84. The lowest BCUT2D eigenvalue weighted by molar-refractivity contribution is -0.137. The van der Waals surface area contributed by atoms with E-state index in [0.29, 0.717) is 11.5 Å². The number of hydrogen-bond donors (Lipinski definition) is 0. The zero-order chi connectivity index (χ0) is 22.4. The van der Waals surface area contributed by atoms with Gasteiger partial charge in [-0.05, 0) is 59.7 Å². The molecule has 0 atom stereocenters. The second-order valence-electron chi connectivity index (χ2n) is 6.93. The van der Waals surface area contributed by atoms with Gasteiger partial charge >= 0.3 is 6.18 Å². The van der Waals surface area contributed by atoms with Gasteiger partial charge in [0.2, 0.25) is 0 Å². The highest BCUT2D eigenvalue weighted by Crippen LogP contribution is 2.29. The summed E-state index contributed by atoms with van der Waals surface area (Å²) < 4.78 is 48.9. The van der Waals surface area contributed by atoms with E-state index in [9.17, 15) is 18.0 Å². The summed E-state index contributed by atoms with van der Waals surface area (Å²) in [7, 11) is 3.14. The highest BCUT2D eigenvalue weighted by atomic mass is 19.4. The Hall–Kier alpha value is -3.48. The van der Waals surface area contributed by atoms with Crippen LogP contribution in [0, 0.1) is 0 Å². The van der Waals surface area contributed by atoms with Gasteiger partial charge in [-0.2, -0.15) is 13.2 Å². The van der Waals surface area contributed by atoms with Crippen molar-refractivity contribution in [3.63, 3.8) is 0 Å². The average Bonchev–Trinajstić information content (AvgIpc) is 2.78. The van der Waals surface area contributed by atoms with Crippen LogP contribution in [0.1, 0.15) is 27.0 Å². The lowest BCUT2D eigenvalue weighted by Gasteiger charge is -2.24. The van der Waals surface area contributed by atoms with Gasteiger partial charge in [0.05, 0.1) is 19.8 Å². The van der Waals surface area contributed by atoms with Crippen molar-refractivity contribution < 1.29 is 27.4 Å². The molecule has 0 aromatic heterocycles. The van der Waals surface area contributed by atoms with Gasteiger partial charge in [-0.3, -0.25) is 4.79 Å². The normalized spacial score (nSPS) is 11.1. The molecule has 4 nitrogen and oxygen atoms in total. The fourth-order valence-corrected chi connectivity index (χ4v) is 3.09. The largest absolute Gasteiger partial charge is 0.497 e. The van der Waals surface area contributed by atoms with Crippen molar-refractivity contribution in [3.8, 4) is 11.5 Å². The van der Waals surface area contributed by atoms with Crippen molar-refractivity contribution in [2.45, 2.75) is 19.3 Å². The second kappa shape index (κ2) is 9.55. The van der Waals surface area contributed by atoms with Gasteiger partial charge in [-0.25, -0.2) is 0 Å². The van der Waals surface area contributed by atoms with E-state index < -0.39 is 11.7 Å². The number of hydrogen-bond acceptors (Lipinski definition) is 3. The zero-order valence-electron chi connectivity index (χ0n) is 17.1. The smallest absolute Gasteiger partial charge is 0.416 e. The Labute approximate surface area is 178 Å². The quantitative estimate of drug-likeness (QED) is 0.493. The molecule has 162 valence electrons. The lowest BCUT2D eigenvalue weighted by atomic mass is 10.1. The van der Waals surface area contributed by atoms with Crippen LogP contribution in [0.4, 0.5) is 13.2 Å². The number of carbonyl (C=O) groups is 1. The molecule has 31 heavy (non-hydrogen) atoms. The fourth-order valence-electron chi connectivity index (χ4n) is 3.09. The predicted molar refractivity (Wildman–Crippen MR) is 111 cm³/mol. The standard InChI is InChI=1S/C24H22F3NO3/c1-30-21-11-3-17(4-12-21)15-28(16-18-5-13-22(31-2)14-6-18)23(29)19-7-9-20(10-8-19)24(25,26)27/h3-14H,15-16H2,1-2H3. The summed E-state index contributed by atoms with van der Waals surface area (Å²) in [6.45, 7) is 0.575. The highest BCUT2D eigenvalue weighted by molar-refractivity contribution is 5.94. The van der Waals surface area contributed by atoms with Crippen LogP contribution in [0.15, 0.2) is 72.8 Å². The molecule has 0 saturated carbocycles. The first-order chi connectivity index (χ1) is 14.8. The molecule has 1 amide bonds. The predicted octanol–water partition coefficient (Wildman–Crippen LogP) is 5.57. The summed E-state index contributed by atoms with van der Waals surface area (Å²) in [5.41, 5.74) is 1.14. The Morgan fingerprint density at radius 3 is 1.52 bits per heavy atom. The maximum atomic E-state index is 13.2. The van der Waals surface area contributed by atoms with E-state index in [-0.39, 0.29) is 24.6 Å². The summed E-state index contributed by atoms with van der Waals surface area (Å²) in [6.07, 6.45) is -4.45. The molecule has 0 bridgehead atoms. The molecule has 0 aliphatic rings. The van der Waals surface area contributed by atoms with Crippen LogP contribution in [0.3, 0.4) is 0 Å². The Balaban J connectivity index is 1.86. The minimum Gasteiger partial charge on any atom is -0.497 e. The number of nitrogens with zero attached hydrogens (tertiary/aromatic N) is 1. The second-order valence-corrected chi connectivity index (χ2v) is 6.93. The number of ether oxygens (including phenoxy) is 2. The van der Waals surface area contributed by atoms with Crippen LogP contribution in [-0.2, 0) is 19.3 Å². The van der Waals surface area contributed by atoms with Gasteiger partial charge in [0, 0.05) is 18.7 Å². The summed E-state index contributed by atoms with van der Waals surface area (Å²) in [5.74, 6) is 1.03. The van der Waals surface area contributed by atoms with Gasteiger partial charge in [0.1, 0.15) is 11.5 Å². The molecule has 0 spiro atoms. The summed E-state index contributed by atoms with van der Waals surface area (Å²) in [5, 5.41) is 0. The van der Waals surface area contributed by atoms with Crippen molar-refractivity contribution in [2.75, 3.05) is 14.2 Å². The molecule has 0 N–H and O–H groups in total. The summed E-state index contributed by atoms with van der Waals surface area (Å²) >= 11 is 0. The number of halogens is 3. The molecule has 3 rings (SSSR count). The summed E-state index contributed by atoms with van der Waals surface area (Å²) in [4.78, 5) is 14.7. The average molecular weight is 429 g/mol. The molecule has 0 saturated heterocycles. The number of amides is 1. The van der Waals surface area contributed by atoms with Gasteiger partial charge in [0.15, 0.2) is 0 Å². The maximum absolute atomic E-state index is 13.2. The van der Waals surface area contributed by atoms with E-state index in [1.54, 1.807) is 43.4 Å². The molecule has 3 aromatic carbocycles. The minimum atomic E-state index is -4.45.